The average molecular weight is 703 g/mol. The first-order valence-electron chi connectivity index (χ1n) is 16.0. The highest BCUT2D eigenvalue weighted by Crippen LogP contribution is 2.51. The molecule has 0 bridgehead atoms. The second-order valence-electron chi connectivity index (χ2n) is 10.9. The maximum Gasteiger partial charge on any atom is 0.421 e. The van der Waals surface area contributed by atoms with Gasteiger partial charge in [0.25, 0.3) is 5.91 Å². The number of rotatable bonds is 17. The zero-order valence-corrected chi connectivity index (χ0v) is 29.1. The third-order valence-electron chi connectivity index (χ3n) is 7.58. The fourth-order valence-electron chi connectivity index (χ4n) is 5.01. The minimum Gasteiger partial charge on any atom is -0.355 e. The maximum atomic E-state index is 14.1. The molecule has 0 aliphatic carbocycles. The van der Waals surface area contributed by atoms with Gasteiger partial charge in [0.15, 0.2) is 0 Å². The lowest BCUT2D eigenvalue weighted by atomic mass is 10.0. The Morgan fingerprint density at radius 1 is 0.959 bits per heavy atom. The van der Waals surface area contributed by atoms with E-state index in [9.17, 15) is 22.5 Å². The van der Waals surface area contributed by atoms with Gasteiger partial charge in [-0.05, 0) is 62.3 Å². The molecule has 0 fully saturated rings. The van der Waals surface area contributed by atoms with E-state index in [4.69, 9.17) is 9.05 Å². The number of anilines is 4. The van der Waals surface area contributed by atoms with Crippen molar-refractivity contribution in [1.29, 1.82) is 0 Å². The van der Waals surface area contributed by atoms with Crippen LogP contribution in [-0.2, 0) is 32.5 Å². The minimum atomic E-state index is -4.79. The van der Waals surface area contributed by atoms with E-state index in [0.717, 1.165) is 25.2 Å². The molecule has 3 N–H and O–H groups in total. The van der Waals surface area contributed by atoms with E-state index in [2.05, 4.69) is 49.8 Å². The second-order valence-corrected chi connectivity index (χ2v) is 12.9. The number of nitrogens with one attached hydrogen (secondary N) is 3. The summed E-state index contributed by atoms with van der Waals surface area (Å²) >= 11 is 0. The summed E-state index contributed by atoms with van der Waals surface area (Å²) in [6, 6.07) is 11.5. The van der Waals surface area contributed by atoms with E-state index >= 15 is 0 Å². The van der Waals surface area contributed by atoms with Gasteiger partial charge in [0.2, 0.25) is 5.95 Å². The van der Waals surface area contributed by atoms with E-state index in [1.165, 1.54) is 13.1 Å². The normalized spacial score (nSPS) is 11.9. The molecule has 0 unspecified atom stereocenters. The topological polar surface area (TPSA) is 136 Å². The van der Waals surface area contributed by atoms with Crippen molar-refractivity contribution >= 4 is 36.6 Å². The van der Waals surface area contributed by atoms with Crippen molar-refractivity contribution in [2.45, 2.75) is 46.6 Å². The van der Waals surface area contributed by atoms with Crippen molar-refractivity contribution in [3.05, 3.63) is 77.7 Å². The monoisotopic (exact) mass is 702 g/mol. The van der Waals surface area contributed by atoms with Crippen LogP contribution in [0.25, 0.3) is 11.1 Å². The van der Waals surface area contributed by atoms with Crippen molar-refractivity contribution in [2.75, 3.05) is 50.5 Å². The molecule has 264 valence electrons. The lowest BCUT2D eigenvalue weighted by Gasteiger charge is -2.18. The van der Waals surface area contributed by atoms with Crippen molar-refractivity contribution in [3.8, 4) is 11.1 Å². The van der Waals surface area contributed by atoms with Crippen LogP contribution in [0.3, 0.4) is 0 Å². The third-order valence-corrected chi connectivity index (χ3v) is 9.64. The van der Waals surface area contributed by atoms with Crippen LogP contribution in [0.4, 0.5) is 36.3 Å². The summed E-state index contributed by atoms with van der Waals surface area (Å²) in [4.78, 5) is 23.2. The number of aromatic nitrogens is 4. The molecule has 0 aliphatic rings. The Labute approximate surface area is 284 Å². The summed E-state index contributed by atoms with van der Waals surface area (Å²) < 4.78 is 67.7. The largest absolute Gasteiger partial charge is 0.421 e. The Morgan fingerprint density at radius 3 is 2.27 bits per heavy atom. The molecule has 4 aromatic rings. The number of amides is 1. The van der Waals surface area contributed by atoms with Crippen LogP contribution in [0.5, 0.6) is 0 Å². The van der Waals surface area contributed by atoms with Crippen LogP contribution in [-0.4, -0.2) is 70.5 Å². The molecular weight excluding hydrogens is 660 g/mol. The molecule has 0 saturated carbocycles. The molecule has 0 aliphatic heterocycles. The van der Waals surface area contributed by atoms with Gasteiger partial charge < -0.3 is 29.9 Å². The summed E-state index contributed by atoms with van der Waals surface area (Å²) in [5.74, 6) is -1.16. The molecule has 0 radical (unpaired) electrons. The highest BCUT2D eigenvalue weighted by atomic mass is 31.2. The summed E-state index contributed by atoms with van der Waals surface area (Å²) in [6.45, 7) is 11.5. The number of alkyl halides is 3. The number of halogens is 3. The summed E-state index contributed by atoms with van der Waals surface area (Å²) in [7, 11) is -1.88. The minimum absolute atomic E-state index is 0.0608. The number of carbonyl (C=O) groups is 1. The highest BCUT2D eigenvalue weighted by Gasteiger charge is 2.36. The van der Waals surface area contributed by atoms with E-state index in [0.29, 0.717) is 29.6 Å². The van der Waals surface area contributed by atoms with Gasteiger partial charge in [0, 0.05) is 37.2 Å². The number of hydrogen-bond donors (Lipinski definition) is 3. The molecule has 4 rings (SSSR count). The number of benzene rings is 2. The summed E-state index contributed by atoms with van der Waals surface area (Å²) in [5.41, 5.74) is 1.70. The van der Waals surface area contributed by atoms with Crippen molar-refractivity contribution in [3.63, 3.8) is 0 Å². The Hall–Kier alpha value is -4.30. The molecule has 0 saturated heterocycles. The standard InChI is InChI=1S/C33H42F3N8O4P/c1-6-43(7-2)16-17-44-21-25(19-39-44)24-12-15-29(27(18-24)31(45)37-5)41-30-28(33(34,35)36)20-38-32(42-30)40-26-13-10-23(11-14-26)22-49(46,47-8-3)48-9-4/h10-15,18-21H,6-9,16-17,22H2,1-5H3,(H,37,45)(H2,38,40,41,42). The SMILES string of the molecule is CCOP(=O)(Cc1ccc(Nc2ncc(C(F)(F)F)c(Nc3ccc(-c4cnn(CCN(CC)CC)c4)cc3C(=O)NC)n2)cc1)OCC. The molecule has 1 amide bonds. The molecule has 0 atom stereocenters. The zero-order chi connectivity index (χ0) is 35.6. The third kappa shape index (κ3) is 10.1. The number of nitrogens with zero attached hydrogens (tertiary/aromatic N) is 5. The van der Waals surface area contributed by atoms with Crippen LogP contribution in [0, 0.1) is 0 Å². The highest BCUT2D eigenvalue weighted by molar-refractivity contribution is 7.53. The molecule has 12 nitrogen and oxygen atoms in total. The number of likely N-dealkylation sites (N-methyl/N-ethyl adjacent to an activating group) is 1. The lowest BCUT2D eigenvalue weighted by molar-refractivity contribution is -0.137. The number of carbonyl (C=O) groups excluding carboxylic acids is 1. The van der Waals surface area contributed by atoms with E-state index in [1.54, 1.807) is 56.4 Å². The van der Waals surface area contributed by atoms with Gasteiger partial charge in [0.05, 0.1) is 43.4 Å². The fraction of sp³-hybridized carbons (Fsp3) is 0.394. The number of hydrogen-bond acceptors (Lipinski definition) is 10. The van der Waals surface area contributed by atoms with Gasteiger partial charge in [-0.1, -0.05) is 32.0 Å². The van der Waals surface area contributed by atoms with Crippen LogP contribution < -0.4 is 16.0 Å². The van der Waals surface area contributed by atoms with Gasteiger partial charge in [0.1, 0.15) is 11.4 Å². The molecular formula is C33H42F3N8O4P. The smallest absolute Gasteiger partial charge is 0.355 e. The Balaban J connectivity index is 1.59. The Bertz CT molecular complexity index is 1740. The van der Waals surface area contributed by atoms with Crippen LogP contribution in [0.15, 0.2) is 61.1 Å². The first-order chi connectivity index (χ1) is 23.4. The van der Waals surface area contributed by atoms with Crippen molar-refractivity contribution in [2.24, 2.45) is 0 Å². The van der Waals surface area contributed by atoms with Gasteiger partial charge in [-0.2, -0.15) is 23.3 Å². The predicted octanol–water partition coefficient (Wildman–Crippen LogP) is 7.31. The van der Waals surface area contributed by atoms with Crippen LogP contribution >= 0.6 is 7.60 Å². The molecule has 2 heterocycles. The van der Waals surface area contributed by atoms with Crippen LogP contribution in [0.1, 0.15) is 49.2 Å². The first kappa shape index (κ1) is 37.5. The molecule has 16 heteroatoms. The quantitative estimate of drug-likeness (QED) is 0.0962. The molecule has 0 spiro atoms. The van der Waals surface area contributed by atoms with Gasteiger partial charge in [-0.15, -0.1) is 0 Å². The molecule has 49 heavy (non-hydrogen) atoms. The van der Waals surface area contributed by atoms with E-state index < -0.39 is 31.1 Å². The average Bonchev–Trinajstić information content (AvgIpc) is 3.55. The van der Waals surface area contributed by atoms with Gasteiger partial charge in [-0.25, -0.2) is 4.98 Å². The molecule has 2 aromatic carbocycles. The zero-order valence-electron chi connectivity index (χ0n) is 28.2. The summed E-state index contributed by atoms with van der Waals surface area (Å²) in [5, 5.41) is 12.6. The molecule has 2 aromatic heterocycles. The van der Waals surface area contributed by atoms with Crippen molar-refractivity contribution in [1.82, 2.24) is 30.0 Å². The fourth-order valence-corrected chi connectivity index (χ4v) is 6.72. The Kier molecular flexibility index (Phi) is 12.9. The first-order valence-corrected chi connectivity index (χ1v) is 17.7. The van der Waals surface area contributed by atoms with E-state index in [1.807, 2.05) is 10.9 Å². The van der Waals surface area contributed by atoms with E-state index in [-0.39, 0.29) is 36.6 Å². The second kappa shape index (κ2) is 16.9. The Morgan fingerprint density at radius 2 is 1.65 bits per heavy atom. The van der Waals surface area contributed by atoms with Gasteiger partial charge in [-0.3, -0.25) is 14.0 Å². The van der Waals surface area contributed by atoms with Crippen molar-refractivity contribution < 1.29 is 31.6 Å². The van der Waals surface area contributed by atoms with Gasteiger partial charge >= 0.3 is 13.8 Å². The maximum absolute atomic E-state index is 14.1. The lowest BCUT2D eigenvalue weighted by Crippen LogP contribution is -2.27. The van der Waals surface area contributed by atoms with Crippen LogP contribution in [0.2, 0.25) is 0 Å². The summed E-state index contributed by atoms with van der Waals surface area (Å²) in [6.07, 6.45) is -0.499. The predicted molar refractivity (Wildman–Crippen MR) is 183 cm³/mol.